The van der Waals surface area contributed by atoms with Gasteiger partial charge in [-0.15, -0.1) is 0 Å². The first-order valence-corrected chi connectivity index (χ1v) is 7.30. The molecular weight excluding hydrogens is 238 g/mol. The van der Waals surface area contributed by atoms with Gasteiger partial charge in [-0.3, -0.25) is 0 Å². The van der Waals surface area contributed by atoms with Gasteiger partial charge in [-0.05, 0) is 25.2 Å². The molecule has 0 aliphatic carbocycles. The Morgan fingerprint density at radius 3 is 2.95 bits per heavy atom. The van der Waals surface area contributed by atoms with Gasteiger partial charge in [-0.25, -0.2) is 0 Å². The molecule has 1 aromatic heterocycles. The van der Waals surface area contributed by atoms with E-state index in [2.05, 4.69) is 27.1 Å². The molecule has 1 fully saturated rings. The highest BCUT2D eigenvalue weighted by atomic mass is 15.2. The molecule has 1 atom stereocenters. The third-order valence-electron chi connectivity index (χ3n) is 3.85. The van der Waals surface area contributed by atoms with E-state index in [0.29, 0.717) is 5.95 Å². The molecule has 0 spiro atoms. The smallest absolute Gasteiger partial charge is 0.223 e. The Morgan fingerprint density at radius 1 is 1.37 bits per heavy atom. The van der Waals surface area contributed by atoms with E-state index >= 15 is 0 Å². The Bertz CT molecular complexity index is 407. The van der Waals surface area contributed by atoms with Crippen LogP contribution in [0.25, 0.3) is 0 Å². The minimum Gasteiger partial charge on any atom is -0.373 e. The molecule has 106 valence electrons. The van der Waals surface area contributed by atoms with Gasteiger partial charge in [-0.1, -0.05) is 19.8 Å². The minimum absolute atomic E-state index is 0.344. The van der Waals surface area contributed by atoms with Crippen LogP contribution in [0.15, 0.2) is 6.07 Å². The fourth-order valence-corrected chi connectivity index (χ4v) is 2.83. The molecule has 2 heterocycles. The molecule has 5 nitrogen and oxygen atoms in total. The summed E-state index contributed by atoms with van der Waals surface area (Å²) >= 11 is 0. The molecule has 0 radical (unpaired) electrons. The summed E-state index contributed by atoms with van der Waals surface area (Å²) in [5, 5.41) is 3.03. The normalized spacial score (nSPS) is 20.1. The summed E-state index contributed by atoms with van der Waals surface area (Å²) < 4.78 is 0. The molecule has 0 bridgehead atoms. The van der Waals surface area contributed by atoms with Crippen LogP contribution in [0.2, 0.25) is 0 Å². The number of hydrogen-bond acceptors (Lipinski definition) is 5. The van der Waals surface area contributed by atoms with Crippen LogP contribution >= 0.6 is 0 Å². The first kappa shape index (κ1) is 13.9. The molecular formula is C14H25N5. The highest BCUT2D eigenvalue weighted by Gasteiger charge is 2.18. The lowest BCUT2D eigenvalue weighted by molar-refractivity contribution is 0.435. The van der Waals surface area contributed by atoms with E-state index in [1.807, 2.05) is 13.1 Å². The van der Waals surface area contributed by atoms with E-state index in [1.54, 1.807) is 0 Å². The lowest BCUT2D eigenvalue weighted by atomic mass is 9.96. The van der Waals surface area contributed by atoms with E-state index in [0.717, 1.165) is 30.6 Å². The van der Waals surface area contributed by atoms with Gasteiger partial charge in [0, 0.05) is 26.2 Å². The van der Waals surface area contributed by atoms with Crippen molar-refractivity contribution in [1.29, 1.82) is 0 Å². The second-order valence-electron chi connectivity index (χ2n) is 5.29. The summed E-state index contributed by atoms with van der Waals surface area (Å²) in [5.74, 6) is 2.96. The Labute approximate surface area is 115 Å². The highest BCUT2D eigenvalue weighted by Crippen LogP contribution is 2.25. The number of hydrogen-bond donors (Lipinski definition) is 2. The molecule has 1 unspecified atom stereocenters. The van der Waals surface area contributed by atoms with Gasteiger partial charge in [-0.2, -0.15) is 9.97 Å². The van der Waals surface area contributed by atoms with Crippen LogP contribution < -0.4 is 16.0 Å². The predicted molar refractivity (Wildman–Crippen MR) is 80.5 cm³/mol. The quantitative estimate of drug-likeness (QED) is 0.873. The lowest BCUT2D eigenvalue weighted by Gasteiger charge is -2.22. The first-order chi connectivity index (χ1) is 9.22. The average molecular weight is 263 g/mol. The molecule has 1 aromatic rings. The summed E-state index contributed by atoms with van der Waals surface area (Å²) in [6.07, 6.45) is 6.47. The largest absolute Gasteiger partial charge is 0.373 e. The standard InChI is InChI=1S/C14H25N5/c1-3-5-11-6-4-8-19(9-7-11)13-10-12(16-2)17-14(15)18-13/h10-11H,3-9H2,1-2H3,(H3,15,16,17,18). The second kappa shape index (κ2) is 6.59. The third kappa shape index (κ3) is 3.72. The second-order valence-corrected chi connectivity index (χ2v) is 5.29. The maximum Gasteiger partial charge on any atom is 0.223 e. The Hall–Kier alpha value is -1.52. The zero-order valence-electron chi connectivity index (χ0n) is 12.0. The predicted octanol–water partition coefficient (Wildman–Crippen LogP) is 2.51. The van der Waals surface area contributed by atoms with Crippen LogP contribution in [-0.4, -0.2) is 30.1 Å². The summed E-state index contributed by atoms with van der Waals surface area (Å²) in [7, 11) is 1.85. The summed E-state index contributed by atoms with van der Waals surface area (Å²) in [5.41, 5.74) is 5.77. The first-order valence-electron chi connectivity index (χ1n) is 7.30. The number of aromatic nitrogens is 2. The van der Waals surface area contributed by atoms with E-state index in [9.17, 15) is 0 Å². The molecule has 0 saturated carbocycles. The van der Waals surface area contributed by atoms with Crippen molar-refractivity contribution >= 4 is 17.6 Å². The van der Waals surface area contributed by atoms with E-state index in [4.69, 9.17) is 5.73 Å². The van der Waals surface area contributed by atoms with E-state index < -0.39 is 0 Å². The Balaban J connectivity index is 2.07. The van der Waals surface area contributed by atoms with Crippen molar-refractivity contribution in [1.82, 2.24) is 9.97 Å². The van der Waals surface area contributed by atoms with Crippen LogP contribution in [0.1, 0.15) is 39.0 Å². The number of anilines is 3. The van der Waals surface area contributed by atoms with Crippen LogP contribution in [0.3, 0.4) is 0 Å². The van der Waals surface area contributed by atoms with Crippen molar-refractivity contribution in [2.75, 3.05) is 36.1 Å². The topological polar surface area (TPSA) is 67.1 Å². The number of nitrogen functional groups attached to an aromatic ring is 1. The highest BCUT2D eigenvalue weighted by molar-refractivity contribution is 5.52. The van der Waals surface area contributed by atoms with E-state index in [-0.39, 0.29) is 0 Å². The average Bonchev–Trinajstić information content (AvgIpc) is 2.64. The Kier molecular flexibility index (Phi) is 4.82. The van der Waals surface area contributed by atoms with Crippen LogP contribution in [0.4, 0.5) is 17.6 Å². The van der Waals surface area contributed by atoms with Crippen molar-refractivity contribution < 1.29 is 0 Å². The lowest BCUT2D eigenvalue weighted by Crippen LogP contribution is -2.25. The van der Waals surface area contributed by atoms with Crippen LogP contribution in [0, 0.1) is 5.92 Å². The summed E-state index contributed by atoms with van der Waals surface area (Å²) in [4.78, 5) is 10.9. The van der Waals surface area contributed by atoms with E-state index in [1.165, 1.54) is 32.1 Å². The molecule has 19 heavy (non-hydrogen) atoms. The maximum atomic E-state index is 5.77. The zero-order valence-corrected chi connectivity index (χ0v) is 12.0. The van der Waals surface area contributed by atoms with Gasteiger partial charge in [0.1, 0.15) is 11.6 Å². The third-order valence-corrected chi connectivity index (χ3v) is 3.85. The Morgan fingerprint density at radius 2 is 2.21 bits per heavy atom. The van der Waals surface area contributed by atoms with Crippen LogP contribution in [-0.2, 0) is 0 Å². The number of nitrogens with one attached hydrogen (secondary N) is 1. The molecule has 0 aromatic carbocycles. The maximum absolute atomic E-state index is 5.77. The van der Waals surface area contributed by atoms with Crippen molar-refractivity contribution in [2.24, 2.45) is 5.92 Å². The van der Waals surface area contributed by atoms with Crippen molar-refractivity contribution in [3.05, 3.63) is 6.07 Å². The van der Waals surface area contributed by atoms with Gasteiger partial charge < -0.3 is 16.0 Å². The fraction of sp³-hybridized carbons (Fsp3) is 0.714. The summed E-state index contributed by atoms with van der Waals surface area (Å²) in [6.45, 7) is 4.41. The minimum atomic E-state index is 0.344. The number of nitrogens with zero attached hydrogens (tertiary/aromatic N) is 3. The van der Waals surface area contributed by atoms with Gasteiger partial charge in [0.05, 0.1) is 0 Å². The van der Waals surface area contributed by atoms with Gasteiger partial charge in [0.25, 0.3) is 0 Å². The fourth-order valence-electron chi connectivity index (χ4n) is 2.83. The van der Waals surface area contributed by atoms with Crippen molar-refractivity contribution in [3.8, 4) is 0 Å². The molecule has 1 aliphatic heterocycles. The molecule has 1 saturated heterocycles. The zero-order chi connectivity index (χ0) is 13.7. The summed E-state index contributed by atoms with van der Waals surface area (Å²) in [6, 6.07) is 1.98. The van der Waals surface area contributed by atoms with Gasteiger partial charge in [0.15, 0.2) is 0 Å². The molecule has 5 heteroatoms. The molecule has 3 N–H and O–H groups in total. The molecule has 1 aliphatic rings. The van der Waals surface area contributed by atoms with Gasteiger partial charge >= 0.3 is 0 Å². The number of nitrogens with two attached hydrogens (primary N) is 1. The molecule has 2 rings (SSSR count). The van der Waals surface area contributed by atoms with Gasteiger partial charge in [0.2, 0.25) is 5.95 Å². The van der Waals surface area contributed by atoms with Crippen LogP contribution in [0.5, 0.6) is 0 Å². The number of rotatable bonds is 4. The molecule has 0 amide bonds. The SMILES string of the molecule is CCCC1CCCN(c2cc(NC)nc(N)n2)CC1. The van der Waals surface area contributed by atoms with Crippen molar-refractivity contribution in [2.45, 2.75) is 39.0 Å². The van der Waals surface area contributed by atoms with Crippen molar-refractivity contribution in [3.63, 3.8) is 0 Å². The monoisotopic (exact) mass is 263 g/mol.